The molecule has 142 valence electrons. The van der Waals surface area contributed by atoms with Gasteiger partial charge < -0.3 is 4.74 Å². The van der Waals surface area contributed by atoms with Crippen molar-refractivity contribution in [2.75, 3.05) is 0 Å². The quantitative estimate of drug-likeness (QED) is 0.454. The number of rotatable bonds is 4. The van der Waals surface area contributed by atoms with Crippen molar-refractivity contribution in [2.24, 2.45) is 5.92 Å². The number of ether oxygens (including phenoxy) is 1. The van der Waals surface area contributed by atoms with Crippen LogP contribution in [0.15, 0.2) is 40.3 Å². The zero-order valence-electron chi connectivity index (χ0n) is 16.1. The molecule has 1 atom stereocenters. The molecule has 0 N–H and O–H groups in total. The number of benzene rings is 1. The van der Waals surface area contributed by atoms with E-state index >= 15 is 0 Å². The molecule has 0 saturated heterocycles. The van der Waals surface area contributed by atoms with Crippen molar-refractivity contribution in [1.82, 2.24) is 9.55 Å². The van der Waals surface area contributed by atoms with Crippen LogP contribution in [0.5, 0.6) is 0 Å². The first kappa shape index (κ1) is 18.7. The summed E-state index contributed by atoms with van der Waals surface area (Å²) in [5.41, 5.74) is 2.05. The summed E-state index contributed by atoms with van der Waals surface area (Å²) in [6.07, 6.45) is 0.944. The Morgan fingerprint density at radius 1 is 1.22 bits per heavy atom. The summed E-state index contributed by atoms with van der Waals surface area (Å²) in [5.74, 6) is 0.424. The lowest BCUT2D eigenvalue weighted by Gasteiger charge is -2.26. The van der Waals surface area contributed by atoms with Gasteiger partial charge in [-0.05, 0) is 23.6 Å². The van der Waals surface area contributed by atoms with Crippen molar-refractivity contribution in [2.45, 2.75) is 57.2 Å². The molecule has 3 heterocycles. The molecule has 1 aliphatic rings. The van der Waals surface area contributed by atoms with Crippen molar-refractivity contribution in [3.63, 3.8) is 0 Å². The Labute approximate surface area is 167 Å². The predicted molar refractivity (Wildman–Crippen MR) is 113 cm³/mol. The van der Waals surface area contributed by atoms with E-state index in [0.29, 0.717) is 17.8 Å². The fraction of sp³-hybridized carbons (Fsp3) is 0.429. The highest BCUT2D eigenvalue weighted by molar-refractivity contribution is 7.99. The number of para-hydroxylation sites is 1. The first-order valence-corrected chi connectivity index (χ1v) is 11.1. The van der Waals surface area contributed by atoms with Gasteiger partial charge in [0.1, 0.15) is 4.83 Å². The lowest BCUT2D eigenvalue weighted by molar-refractivity contribution is 0.00200. The minimum atomic E-state index is 0.0382. The molecule has 0 bridgehead atoms. The van der Waals surface area contributed by atoms with Crippen molar-refractivity contribution in [3.8, 4) is 5.69 Å². The molecule has 1 aliphatic heterocycles. The first-order chi connectivity index (χ1) is 13.0. The second kappa shape index (κ2) is 7.41. The molecule has 0 amide bonds. The van der Waals surface area contributed by atoms with E-state index in [1.807, 2.05) is 30.3 Å². The zero-order valence-corrected chi connectivity index (χ0v) is 17.7. The van der Waals surface area contributed by atoms with Crippen LogP contribution in [0, 0.1) is 5.92 Å². The van der Waals surface area contributed by atoms with Crippen LogP contribution in [0.1, 0.15) is 38.1 Å². The highest BCUT2D eigenvalue weighted by Crippen LogP contribution is 2.36. The van der Waals surface area contributed by atoms with Gasteiger partial charge in [0.2, 0.25) is 0 Å². The second-order valence-corrected chi connectivity index (χ2v) is 10.1. The van der Waals surface area contributed by atoms with Crippen LogP contribution >= 0.6 is 23.1 Å². The topological polar surface area (TPSA) is 44.1 Å². The standard InChI is InChI=1S/C21H24N2O2S2/c1-12(2)16-10-15-17(11-25-16)27-19-18(15)20(24)23(14-8-6-5-7-9-14)21(22-19)26-13(3)4/h5-9,12-13,16H,10-11H2,1-4H3. The van der Waals surface area contributed by atoms with E-state index in [9.17, 15) is 4.79 Å². The third-order valence-corrected chi connectivity index (χ3v) is 6.87. The number of thioether (sulfide) groups is 1. The van der Waals surface area contributed by atoms with Crippen LogP contribution in [0.3, 0.4) is 0 Å². The van der Waals surface area contributed by atoms with E-state index in [4.69, 9.17) is 9.72 Å². The van der Waals surface area contributed by atoms with Crippen LogP contribution < -0.4 is 5.56 Å². The molecular weight excluding hydrogens is 376 g/mol. The van der Waals surface area contributed by atoms with E-state index in [0.717, 1.165) is 37.9 Å². The van der Waals surface area contributed by atoms with E-state index < -0.39 is 0 Å². The van der Waals surface area contributed by atoms with E-state index in [-0.39, 0.29) is 11.7 Å². The molecule has 4 nitrogen and oxygen atoms in total. The van der Waals surface area contributed by atoms with Crippen molar-refractivity contribution >= 4 is 33.3 Å². The molecular formula is C21H24N2O2S2. The Morgan fingerprint density at radius 2 is 1.96 bits per heavy atom. The van der Waals surface area contributed by atoms with E-state index in [2.05, 4.69) is 27.7 Å². The molecule has 6 heteroatoms. The smallest absolute Gasteiger partial charge is 0.267 e. The lowest BCUT2D eigenvalue weighted by atomic mass is 9.96. The number of nitrogens with zero attached hydrogens (tertiary/aromatic N) is 2. The molecule has 0 saturated carbocycles. The minimum absolute atomic E-state index is 0.0382. The van der Waals surface area contributed by atoms with Gasteiger partial charge in [-0.1, -0.05) is 57.7 Å². The third kappa shape index (κ3) is 3.46. The van der Waals surface area contributed by atoms with Gasteiger partial charge in [0.05, 0.1) is 23.8 Å². The van der Waals surface area contributed by atoms with Crippen molar-refractivity contribution in [1.29, 1.82) is 0 Å². The minimum Gasteiger partial charge on any atom is -0.372 e. The molecule has 2 aromatic heterocycles. The summed E-state index contributed by atoms with van der Waals surface area (Å²) in [5, 5.41) is 1.88. The Morgan fingerprint density at radius 3 is 2.63 bits per heavy atom. The number of hydrogen-bond donors (Lipinski definition) is 0. The lowest BCUT2D eigenvalue weighted by Crippen LogP contribution is -2.28. The van der Waals surface area contributed by atoms with Gasteiger partial charge >= 0.3 is 0 Å². The van der Waals surface area contributed by atoms with Crippen LogP contribution in [-0.2, 0) is 17.8 Å². The summed E-state index contributed by atoms with van der Waals surface area (Å²) in [6, 6.07) is 9.83. The number of hydrogen-bond acceptors (Lipinski definition) is 5. The second-order valence-electron chi connectivity index (χ2n) is 7.52. The van der Waals surface area contributed by atoms with Gasteiger partial charge in [-0.3, -0.25) is 9.36 Å². The average Bonchev–Trinajstić information content (AvgIpc) is 2.99. The number of aromatic nitrogens is 2. The van der Waals surface area contributed by atoms with Gasteiger partial charge in [-0.2, -0.15) is 0 Å². The van der Waals surface area contributed by atoms with E-state index in [1.54, 1.807) is 27.7 Å². The highest BCUT2D eigenvalue weighted by Gasteiger charge is 2.28. The Bertz CT molecular complexity index is 1020. The van der Waals surface area contributed by atoms with Gasteiger partial charge in [0.15, 0.2) is 5.16 Å². The summed E-state index contributed by atoms with van der Waals surface area (Å²) in [6.45, 7) is 9.16. The van der Waals surface area contributed by atoms with Gasteiger partial charge in [-0.25, -0.2) is 4.98 Å². The van der Waals surface area contributed by atoms with Gasteiger partial charge in [-0.15, -0.1) is 11.3 Å². The van der Waals surface area contributed by atoms with Crippen LogP contribution in [0.2, 0.25) is 0 Å². The van der Waals surface area contributed by atoms with Gasteiger partial charge in [0.25, 0.3) is 5.56 Å². The molecule has 0 radical (unpaired) electrons. The number of thiophene rings is 1. The van der Waals surface area contributed by atoms with Gasteiger partial charge in [0, 0.05) is 16.5 Å². The molecule has 4 rings (SSSR count). The average molecular weight is 401 g/mol. The summed E-state index contributed by atoms with van der Waals surface area (Å²) >= 11 is 3.24. The maximum absolute atomic E-state index is 13.6. The summed E-state index contributed by atoms with van der Waals surface area (Å²) < 4.78 is 7.79. The predicted octanol–water partition coefficient (Wildman–Crippen LogP) is 5.05. The fourth-order valence-electron chi connectivity index (χ4n) is 3.43. The highest BCUT2D eigenvalue weighted by atomic mass is 32.2. The van der Waals surface area contributed by atoms with E-state index in [1.165, 1.54) is 0 Å². The molecule has 3 aromatic rings. The Balaban J connectivity index is 1.96. The van der Waals surface area contributed by atoms with Crippen molar-refractivity contribution in [3.05, 3.63) is 51.1 Å². The molecule has 27 heavy (non-hydrogen) atoms. The SMILES string of the molecule is CC(C)Sc1nc2sc3c(c2c(=O)n1-c1ccccc1)CC(C(C)C)OC3. The van der Waals surface area contributed by atoms with Crippen LogP contribution in [0.4, 0.5) is 0 Å². The normalized spacial score (nSPS) is 17.0. The molecule has 1 unspecified atom stereocenters. The Kier molecular flexibility index (Phi) is 5.14. The van der Waals surface area contributed by atoms with Crippen LogP contribution in [0.25, 0.3) is 15.9 Å². The van der Waals surface area contributed by atoms with Crippen LogP contribution in [-0.4, -0.2) is 20.9 Å². The third-order valence-electron chi connectivity index (χ3n) is 4.81. The molecule has 0 spiro atoms. The number of fused-ring (bicyclic) bond motifs is 3. The zero-order chi connectivity index (χ0) is 19.1. The summed E-state index contributed by atoms with van der Waals surface area (Å²) in [7, 11) is 0. The summed E-state index contributed by atoms with van der Waals surface area (Å²) in [4.78, 5) is 20.5. The first-order valence-electron chi connectivity index (χ1n) is 9.36. The van der Waals surface area contributed by atoms with Crippen molar-refractivity contribution < 1.29 is 4.74 Å². The molecule has 1 aromatic carbocycles. The molecule has 0 aliphatic carbocycles. The monoisotopic (exact) mass is 400 g/mol. The fourth-order valence-corrected chi connectivity index (χ4v) is 5.46. The molecule has 0 fully saturated rings. The maximum Gasteiger partial charge on any atom is 0.267 e. The largest absolute Gasteiger partial charge is 0.372 e. The Hall–Kier alpha value is -1.63. The maximum atomic E-state index is 13.6.